The van der Waals surface area contributed by atoms with E-state index in [9.17, 15) is 8.42 Å². The Hall–Kier alpha value is -1.31. The molecule has 0 fully saturated rings. The minimum atomic E-state index is -3.69. The number of aryl methyl sites for hydroxylation is 1. The maximum Gasteiger partial charge on any atom is 0.273 e. The van der Waals surface area contributed by atoms with Gasteiger partial charge in [-0.2, -0.15) is 0 Å². The second-order valence-electron chi connectivity index (χ2n) is 4.32. The topological polar surface area (TPSA) is 68.3 Å². The van der Waals surface area contributed by atoms with E-state index in [2.05, 4.69) is 9.71 Å². The van der Waals surface area contributed by atoms with Gasteiger partial charge in [0, 0.05) is 6.07 Å². The molecule has 1 N–H and O–H groups in total. The number of halogens is 1. The Bertz CT molecular complexity index is 729. The van der Waals surface area contributed by atoms with Crippen LogP contribution < -0.4 is 9.46 Å². The maximum atomic E-state index is 12.3. The third-order valence-corrected chi connectivity index (χ3v) is 5.78. The smallest absolute Gasteiger partial charge is 0.273 e. The molecule has 0 unspecified atom stereocenters. The number of anilines is 1. The third-order valence-electron chi connectivity index (χ3n) is 2.53. The zero-order valence-corrected chi connectivity index (χ0v) is 14.0. The molecule has 1 aromatic carbocycles. The highest BCUT2D eigenvalue weighted by Crippen LogP contribution is 2.29. The Morgan fingerprint density at radius 1 is 1.43 bits per heavy atom. The van der Waals surface area contributed by atoms with Gasteiger partial charge in [0.15, 0.2) is 8.68 Å². The predicted octanol–water partition coefficient (Wildman–Crippen LogP) is 3.69. The Balaban J connectivity index is 2.22. The average Bonchev–Trinajstić information content (AvgIpc) is 2.76. The van der Waals surface area contributed by atoms with Crippen molar-refractivity contribution >= 4 is 38.6 Å². The summed E-state index contributed by atoms with van der Waals surface area (Å²) in [6.45, 7) is 4.19. The number of benzene rings is 1. The number of aromatic nitrogens is 1. The Morgan fingerprint density at radius 3 is 2.81 bits per heavy atom. The van der Waals surface area contributed by atoms with E-state index in [1.165, 1.54) is 0 Å². The van der Waals surface area contributed by atoms with Gasteiger partial charge >= 0.3 is 0 Å². The van der Waals surface area contributed by atoms with Gasteiger partial charge in [-0.1, -0.05) is 35.9 Å². The summed E-state index contributed by atoms with van der Waals surface area (Å²) in [6, 6.07) is 6.82. The van der Waals surface area contributed by atoms with Gasteiger partial charge in [-0.3, -0.25) is 4.72 Å². The van der Waals surface area contributed by atoms with E-state index < -0.39 is 10.0 Å². The van der Waals surface area contributed by atoms with Crippen molar-refractivity contribution in [1.29, 1.82) is 0 Å². The number of rotatable bonds is 6. The molecule has 114 valence electrons. The van der Waals surface area contributed by atoms with Crippen LogP contribution >= 0.6 is 22.9 Å². The van der Waals surface area contributed by atoms with Gasteiger partial charge in [0.25, 0.3) is 10.0 Å². The third kappa shape index (κ3) is 4.09. The summed E-state index contributed by atoms with van der Waals surface area (Å²) in [4.78, 5) is 3.92. The highest BCUT2D eigenvalue weighted by molar-refractivity contribution is 7.94. The van der Waals surface area contributed by atoms with E-state index in [1.807, 2.05) is 6.92 Å². The van der Waals surface area contributed by atoms with Crippen LogP contribution in [0.25, 0.3) is 0 Å². The second-order valence-corrected chi connectivity index (χ2v) is 7.78. The van der Waals surface area contributed by atoms with E-state index in [0.29, 0.717) is 23.7 Å². The van der Waals surface area contributed by atoms with Gasteiger partial charge in [0.1, 0.15) is 5.75 Å². The van der Waals surface area contributed by atoms with Gasteiger partial charge < -0.3 is 4.74 Å². The fourth-order valence-corrected chi connectivity index (χ4v) is 4.46. The average molecular weight is 347 g/mol. The summed E-state index contributed by atoms with van der Waals surface area (Å²) in [5.74, 6) is 0.621. The lowest BCUT2D eigenvalue weighted by Gasteiger charge is -2.09. The molecule has 5 nitrogen and oxygen atoms in total. The van der Waals surface area contributed by atoms with Crippen LogP contribution in [0.3, 0.4) is 0 Å². The van der Waals surface area contributed by atoms with Crippen LogP contribution in [0.2, 0.25) is 4.47 Å². The number of hydrogen-bond donors (Lipinski definition) is 1. The van der Waals surface area contributed by atoms with Crippen molar-refractivity contribution in [3.8, 4) is 5.75 Å². The molecule has 0 saturated heterocycles. The SMILES string of the molecule is CCCOc1cccc(NS(=O)(=O)c2sc(Cl)nc2C)c1. The molecule has 8 heteroatoms. The van der Waals surface area contributed by atoms with Crippen molar-refractivity contribution in [2.24, 2.45) is 0 Å². The van der Waals surface area contributed by atoms with Gasteiger partial charge in [-0.15, -0.1) is 0 Å². The Morgan fingerprint density at radius 2 is 2.19 bits per heavy atom. The van der Waals surface area contributed by atoms with E-state index in [0.717, 1.165) is 17.8 Å². The molecule has 2 rings (SSSR count). The molecular weight excluding hydrogens is 332 g/mol. The molecular formula is C13H15ClN2O3S2. The minimum absolute atomic E-state index is 0.118. The maximum absolute atomic E-state index is 12.3. The number of thiazole rings is 1. The lowest BCUT2D eigenvalue weighted by molar-refractivity contribution is 0.317. The first-order valence-corrected chi connectivity index (χ1v) is 8.98. The monoisotopic (exact) mass is 346 g/mol. The molecule has 0 aliphatic heterocycles. The molecule has 1 aromatic heterocycles. The summed E-state index contributed by atoms with van der Waals surface area (Å²) < 4.78 is 32.9. The number of nitrogens with one attached hydrogen (secondary N) is 1. The fourth-order valence-electron chi connectivity index (χ4n) is 1.67. The first-order valence-electron chi connectivity index (χ1n) is 6.31. The lowest BCUT2D eigenvalue weighted by atomic mass is 10.3. The number of ether oxygens (including phenoxy) is 1. The van der Waals surface area contributed by atoms with E-state index >= 15 is 0 Å². The summed E-state index contributed by atoms with van der Waals surface area (Å²) in [5.41, 5.74) is 0.823. The first kappa shape index (κ1) is 16.1. The Labute approximate surface area is 133 Å². The number of sulfonamides is 1. The molecule has 0 atom stereocenters. The summed E-state index contributed by atoms with van der Waals surface area (Å²) in [5, 5.41) is 0. The van der Waals surface area contributed by atoms with Gasteiger partial charge in [0.2, 0.25) is 0 Å². The van der Waals surface area contributed by atoms with Gasteiger partial charge in [0.05, 0.1) is 18.0 Å². The van der Waals surface area contributed by atoms with Gasteiger partial charge in [-0.05, 0) is 25.5 Å². The largest absolute Gasteiger partial charge is 0.494 e. The first-order chi connectivity index (χ1) is 9.92. The molecule has 0 saturated carbocycles. The minimum Gasteiger partial charge on any atom is -0.494 e. The van der Waals surface area contributed by atoms with Crippen LogP contribution in [-0.2, 0) is 10.0 Å². The molecule has 0 aliphatic carbocycles. The van der Waals surface area contributed by atoms with Crippen LogP contribution in [0.15, 0.2) is 28.5 Å². The van der Waals surface area contributed by atoms with Crippen molar-refractivity contribution < 1.29 is 13.2 Å². The van der Waals surface area contributed by atoms with Crippen LogP contribution in [0, 0.1) is 6.92 Å². The van der Waals surface area contributed by atoms with Crippen LogP contribution in [0.5, 0.6) is 5.75 Å². The van der Waals surface area contributed by atoms with E-state index in [-0.39, 0.29) is 8.68 Å². The van der Waals surface area contributed by atoms with E-state index in [1.54, 1.807) is 31.2 Å². The summed E-state index contributed by atoms with van der Waals surface area (Å²) >= 11 is 6.68. The zero-order valence-electron chi connectivity index (χ0n) is 11.6. The second kappa shape index (κ2) is 6.64. The zero-order chi connectivity index (χ0) is 15.5. The summed E-state index contributed by atoms with van der Waals surface area (Å²) in [7, 11) is -3.69. The Kier molecular flexibility index (Phi) is 5.08. The van der Waals surface area contributed by atoms with E-state index in [4.69, 9.17) is 16.3 Å². The molecule has 0 bridgehead atoms. The molecule has 0 spiro atoms. The number of nitrogens with zero attached hydrogens (tertiary/aromatic N) is 1. The highest BCUT2D eigenvalue weighted by Gasteiger charge is 2.21. The van der Waals surface area contributed by atoms with Crippen molar-refractivity contribution in [2.45, 2.75) is 24.5 Å². The molecule has 21 heavy (non-hydrogen) atoms. The van der Waals surface area contributed by atoms with Crippen molar-refractivity contribution in [1.82, 2.24) is 4.98 Å². The molecule has 0 aliphatic rings. The predicted molar refractivity (Wildman–Crippen MR) is 84.9 cm³/mol. The number of hydrogen-bond acceptors (Lipinski definition) is 5. The molecule has 2 aromatic rings. The van der Waals surface area contributed by atoms with Crippen LogP contribution in [-0.4, -0.2) is 20.0 Å². The van der Waals surface area contributed by atoms with Crippen LogP contribution in [0.1, 0.15) is 19.0 Å². The van der Waals surface area contributed by atoms with Crippen molar-refractivity contribution in [3.05, 3.63) is 34.4 Å². The normalized spacial score (nSPS) is 11.4. The summed E-state index contributed by atoms with van der Waals surface area (Å²) in [6.07, 6.45) is 0.883. The van der Waals surface area contributed by atoms with Crippen LogP contribution in [0.4, 0.5) is 5.69 Å². The molecule has 0 amide bonds. The van der Waals surface area contributed by atoms with Crippen molar-refractivity contribution in [2.75, 3.05) is 11.3 Å². The standard InChI is InChI=1S/C13H15ClN2O3S2/c1-3-7-19-11-6-4-5-10(8-11)16-21(17,18)12-9(2)15-13(14)20-12/h4-6,8,16H,3,7H2,1-2H3. The van der Waals surface area contributed by atoms with Crippen molar-refractivity contribution in [3.63, 3.8) is 0 Å². The fraction of sp³-hybridized carbons (Fsp3) is 0.308. The van der Waals surface area contributed by atoms with Gasteiger partial charge in [-0.25, -0.2) is 13.4 Å². The molecule has 1 heterocycles. The lowest BCUT2D eigenvalue weighted by Crippen LogP contribution is -2.12. The molecule has 0 radical (unpaired) electrons. The highest BCUT2D eigenvalue weighted by atomic mass is 35.5. The quantitative estimate of drug-likeness (QED) is 0.866.